The Morgan fingerprint density at radius 2 is 1.63 bits per heavy atom. The summed E-state index contributed by atoms with van der Waals surface area (Å²) in [6.45, 7) is 0.602. The quantitative estimate of drug-likeness (QED) is 0.246. The van der Waals surface area contributed by atoms with Crippen molar-refractivity contribution in [1.82, 2.24) is 14.8 Å². The van der Waals surface area contributed by atoms with Crippen LogP contribution in [0.1, 0.15) is 15.9 Å². The lowest BCUT2D eigenvalue weighted by atomic mass is 10.1. The predicted molar refractivity (Wildman–Crippen MR) is 122 cm³/mol. The molecule has 0 saturated heterocycles. The van der Waals surface area contributed by atoms with Crippen LogP contribution in [0.2, 0.25) is 5.02 Å². The minimum Gasteiger partial charge on any atom is -0.399 e. The highest BCUT2D eigenvalue weighted by Gasteiger charge is 2.17. The average Bonchev–Trinajstić information content (AvgIpc) is 3.16. The lowest BCUT2D eigenvalue weighted by Gasteiger charge is -2.10. The smallest absolute Gasteiger partial charge is 0.192 e. The van der Waals surface area contributed by atoms with Gasteiger partial charge in [-0.1, -0.05) is 53.7 Å². The van der Waals surface area contributed by atoms with Gasteiger partial charge in [-0.15, -0.1) is 10.2 Å². The molecule has 1 aromatic heterocycles. The Morgan fingerprint density at radius 3 is 2.33 bits per heavy atom. The summed E-state index contributed by atoms with van der Waals surface area (Å²) in [7, 11) is 0. The zero-order valence-electron chi connectivity index (χ0n) is 16.0. The molecule has 0 radical (unpaired) electrons. The molecule has 1 heterocycles. The number of nitrogens with two attached hydrogens (primary N) is 1. The van der Waals surface area contributed by atoms with Crippen molar-refractivity contribution in [2.24, 2.45) is 0 Å². The third-order valence-electron chi connectivity index (χ3n) is 4.57. The van der Waals surface area contributed by atoms with Gasteiger partial charge in [-0.3, -0.25) is 9.36 Å². The van der Waals surface area contributed by atoms with Gasteiger partial charge in [0, 0.05) is 21.8 Å². The molecule has 2 N–H and O–H groups in total. The lowest BCUT2D eigenvalue weighted by molar-refractivity contribution is 0.102. The Hall–Kier alpha value is -3.09. The van der Waals surface area contributed by atoms with Gasteiger partial charge in [-0.25, -0.2) is 0 Å². The van der Waals surface area contributed by atoms with Crippen molar-refractivity contribution in [3.05, 3.63) is 95.0 Å². The number of benzene rings is 3. The van der Waals surface area contributed by atoms with Crippen LogP contribution in [-0.2, 0) is 6.54 Å². The molecule has 30 heavy (non-hydrogen) atoms. The monoisotopic (exact) mass is 434 g/mol. The first-order valence-electron chi connectivity index (χ1n) is 9.35. The van der Waals surface area contributed by atoms with Gasteiger partial charge in [0.25, 0.3) is 0 Å². The minimum atomic E-state index is 0.0139. The first-order valence-corrected chi connectivity index (χ1v) is 10.7. The van der Waals surface area contributed by atoms with Crippen molar-refractivity contribution < 1.29 is 4.79 Å². The molecule has 7 heteroatoms. The van der Waals surface area contributed by atoms with Crippen molar-refractivity contribution in [1.29, 1.82) is 0 Å². The van der Waals surface area contributed by atoms with E-state index in [1.54, 1.807) is 24.3 Å². The fourth-order valence-corrected chi connectivity index (χ4v) is 3.96. The number of hydrogen-bond donors (Lipinski definition) is 1. The maximum Gasteiger partial charge on any atom is 0.192 e. The summed E-state index contributed by atoms with van der Waals surface area (Å²) in [6.07, 6.45) is 0. The molecule has 3 aromatic carbocycles. The van der Waals surface area contributed by atoms with Crippen LogP contribution in [-0.4, -0.2) is 26.3 Å². The van der Waals surface area contributed by atoms with Gasteiger partial charge in [0.15, 0.2) is 16.8 Å². The fourth-order valence-electron chi connectivity index (χ4n) is 3.00. The number of thioether (sulfide) groups is 1. The Morgan fingerprint density at radius 1 is 0.933 bits per heavy atom. The van der Waals surface area contributed by atoms with E-state index >= 15 is 0 Å². The summed E-state index contributed by atoms with van der Waals surface area (Å²) < 4.78 is 2.03. The zero-order chi connectivity index (χ0) is 20.9. The fraction of sp³-hybridized carbons (Fsp3) is 0.0870. The number of rotatable bonds is 7. The largest absolute Gasteiger partial charge is 0.399 e. The second-order valence-electron chi connectivity index (χ2n) is 6.72. The summed E-state index contributed by atoms with van der Waals surface area (Å²) in [5.74, 6) is 1.01. The second-order valence-corrected chi connectivity index (χ2v) is 8.10. The topological polar surface area (TPSA) is 73.8 Å². The second kappa shape index (κ2) is 9.15. The van der Waals surface area contributed by atoms with E-state index in [0.29, 0.717) is 28.0 Å². The number of halogens is 1. The van der Waals surface area contributed by atoms with Gasteiger partial charge in [-0.2, -0.15) is 0 Å². The van der Waals surface area contributed by atoms with Crippen molar-refractivity contribution in [3.63, 3.8) is 0 Å². The Kier molecular flexibility index (Phi) is 6.16. The van der Waals surface area contributed by atoms with Gasteiger partial charge in [0.1, 0.15) is 0 Å². The number of hydrogen-bond acceptors (Lipinski definition) is 5. The van der Waals surface area contributed by atoms with Gasteiger partial charge >= 0.3 is 0 Å². The molecule has 0 aliphatic rings. The SMILES string of the molecule is Nc1ccc(-c2nnc(SCC(=O)c3ccc(Cl)cc3)n2Cc2ccccc2)cc1. The van der Waals surface area contributed by atoms with E-state index in [-0.39, 0.29) is 11.5 Å². The van der Waals surface area contributed by atoms with E-state index in [1.807, 2.05) is 47.0 Å². The highest BCUT2D eigenvalue weighted by atomic mass is 35.5. The molecule has 0 fully saturated rings. The first kappa shape index (κ1) is 20.2. The third kappa shape index (κ3) is 4.72. The zero-order valence-corrected chi connectivity index (χ0v) is 17.6. The van der Waals surface area contributed by atoms with Crippen LogP contribution in [0.5, 0.6) is 0 Å². The van der Waals surface area contributed by atoms with Crippen LogP contribution in [0.15, 0.2) is 84.0 Å². The molecule has 0 bridgehead atoms. The number of Topliss-reactive ketones (excluding diaryl/α,β-unsaturated/α-hetero) is 1. The lowest BCUT2D eigenvalue weighted by Crippen LogP contribution is -2.07. The van der Waals surface area contributed by atoms with Crippen LogP contribution in [0.25, 0.3) is 11.4 Å². The van der Waals surface area contributed by atoms with E-state index in [1.165, 1.54) is 11.8 Å². The number of ketones is 1. The molecule has 0 atom stereocenters. The maximum atomic E-state index is 12.6. The standard InChI is InChI=1S/C23H19ClN4OS/c24-19-10-6-17(7-11-19)21(29)15-30-23-27-26-22(18-8-12-20(25)13-9-18)28(23)14-16-4-2-1-3-5-16/h1-13H,14-15,25H2. The van der Waals surface area contributed by atoms with Crippen LogP contribution in [0.3, 0.4) is 0 Å². The van der Waals surface area contributed by atoms with E-state index in [4.69, 9.17) is 17.3 Å². The number of carbonyl (C=O) groups excluding carboxylic acids is 1. The molecule has 5 nitrogen and oxygen atoms in total. The van der Waals surface area contributed by atoms with Crippen molar-refractivity contribution in [3.8, 4) is 11.4 Å². The molecule has 4 rings (SSSR count). The van der Waals surface area contributed by atoms with Gasteiger partial charge in [0.05, 0.1) is 12.3 Å². The predicted octanol–water partition coefficient (Wildman–Crippen LogP) is 5.20. The van der Waals surface area contributed by atoms with Crippen molar-refractivity contribution in [2.75, 3.05) is 11.5 Å². The molecule has 0 aliphatic heterocycles. The number of carbonyl (C=O) groups is 1. The molecule has 0 saturated carbocycles. The van der Waals surface area contributed by atoms with Crippen LogP contribution in [0.4, 0.5) is 5.69 Å². The summed E-state index contributed by atoms with van der Waals surface area (Å²) in [4.78, 5) is 12.6. The van der Waals surface area contributed by atoms with Crippen molar-refractivity contribution >= 4 is 34.8 Å². The van der Waals surface area contributed by atoms with Crippen molar-refractivity contribution in [2.45, 2.75) is 11.7 Å². The number of nitrogens with zero attached hydrogens (tertiary/aromatic N) is 3. The number of aromatic nitrogens is 3. The Balaban J connectivity index is 1.61. The Labute approximate surface area is 183 Å². The van der Waals surface area contributed by atoms with Crippen LogP contribution < -0.4 is 5.73 Å². The van der Waals surface area contributed by atoms with E-state index in [2.05, 4.69) is 22.3 Å². The summed E-state index contributed by atoms with van der Waals surface area (Å²) >= 11 is 7.29. The van der Waals surface area contributed by atoms with Gasteiger partial charge in [0.2, 0.25) is 0 Å². The van der Waals surface area contributed by atoms with Gasteiger partial charge < -0.3 is 5.73 Å². The number of anilines is 1. The molecular weight excluding hydrogens is 416 g/mol. The molecule has 0 unspecified atom stereocenters. The van der Waals surface area contributed by atoms with E-state index in [9.17, 15) is 4.79 Å². The molecule has 4 aromatic rings. The van der Waals surface area contributed by atoms with Crippen LogP contribution >= 0.6 is 23.4 Å². The van der Waals surface area contributed by atoms with E-state index in [0.717, 1.165) is 17.0 Å². The molecular formula is C23H19ClN4OS. The first-order chi connectivity index (χ1) is 14.6. The third-order valence-corrected chi connectivity index (χ3v) is 5.79. The molecule has 0 amide bonds. The summed E-state index contributed by atoms with van der Waals surface area (Å²) in [5, 5.41) is 10.1. The number of nitrogen functional groups attached to an aromatic ring is 1. The van der Waals surface area contributed by atoms with Crippen LogP contribution in [0, 0.1) is 0 Å². The summed E-state index contributed by atoms with van der Waals surface area (Å²) in [5.41, 5.74) is 9.18. The minimum absolute atomic E-state index is 0.0139. The molecule has 150 valence electrons. The molecule has 0 spiro atoms. The van der Waals surface area contributed by atoms with Gasteiger partial charge in [-0.05, 0) is 54.1 Å². The molecule has 0 aliphatic carbocycles. The highest BCUT2D eigenvalue weighted by Crippen LogP contribution is 2.26. The Bertz CT molecular complexity index is 1140. The normalized spacial score (nSPS) is 10.8. The highest BCUT2D eigenvalue weighted by molar-refractivity contribution is 7.99. The van der Waals surface area contributed by atoms with E-state index < -0.39 is 0 Å². The average molecular weight is 435 g/mol. The maximum absolute atomic E-state index is 12.6. The summed E-state index contributed by atoms with van der Waals surface area (Å²) in [6, 6.07) is 24.5.